The van der Waals surface area contributed by atoms with Crippen LogP contribution in [0.5, 0.6) is 0 Å². The minimum atomic E-state index is 0.543. The van der Waals surface area contributed by atoms with Gasteiger partial charge in [-0.2, -0.15) is 4.98 Å². The lowest BCUT2D eigenvalue weighted by Gasteiger charge is -1.93. The van der Waals surface area contributed by atoms with E-state index >= 15 is 0 Å². The third-order valence-corrected chi connectivity index (χ3v) is 2.41. The Morgan fingerprint density at radius 3 is 3.00 bits per heavy atom. The lowest BCUT2D eigenvalue weighted by atomic mass is 10.3. The Kier molecular flexibility index (Phi) is 2.20. The van der Waals surface area contributed by atoms with E-state index in [1.165, 1.54) is 6.42 Å². The van der Waals surface area contributed by atoms with E-state index in [1.54, 1.807) is 0 Å². The molecule has 1 heterocycles. The maximum Gasteiger partial charge on any atom is 0.321 e. The molecule has 1 aromatic rings. The second kappa shape index (κ2) is 3.36. The van der Waals surface area contributed by atoms with Crippen LogP contribution in [-0.2, 0) is 0 Å². The van der Waals surface area contributed by atoms with Crippen LogP contribution in [0.4, 0.5) is 6.01 Å². The van der Waals surface area contributed by atoms with Crippen molar-refractivity contribution in [3.8, 4) is 0 Å². The normalized spacial score (nSPS) is 26.0. The minimum Gasteiger partial charge on any atom is -0.338 e. The van der Waals surface area contributed by atoms with Crippen molar-refractivity contribution >= 4 is 6.01 Å². The summed E-state index contributed by atoms with van der Waals surface area (Å²) in [5, 5.41) is 7.00. The van der Waals surface area contributed by atoms with E-state index in [1.807, 2.05) is 0 Å². The lowest BCUT2D eigenvalue weighted by molar-refractivity contribution is 0.422. The predicted octanol–water partition coefficient (Wildman–Crippen LogP) is 2.01. The zero-order valence-corrected chi connectivity index (χ0v) is 8.08. The van der Waals surface area contributed by atoms with E-state index in [-0.39, 0.29) is 0 Å². The Morgan fingerprint density at radius 1 is 1.62 bits per heavy atom. The molecule has 0 radical (unpaired) electrons. The van der Waals surface area contributed by atoms with E-state index in [2.05, 4.69) is 29.3 Å². The molecule has 1 saturated carbocycles. The zero-order chi connectivity index (χ0) is 9.26. The molecule has 0 saturated heterocycles. The van der Waals surface area contributed by atoms with Gasteiger partial charge in [0.15, 0.2) is 5.82 Å². The molecule has 4 nitrogen and oxygen atoms in total. The number of anilines is 1. The van der Waals surface area contributed by atoms with Gasteiger partial charge in [-0.15, -0.1) is 0 Å². The SMILES string of the molecule is CCCNc1nc(C2CC2C)no1. The van der Waals surface area contributed by atoms with E-state index in [0.29, 0.717) is 11.9 Å². The first kappa shape index (κ1) is 8.53. The van der Waals surface area contributed by atoms with Crippen LogP contribution >= 0.6 is 0 Å². The van der Waals surface area contributed by atoms with Crippen molar-refractivity contribution in [1.29, 1.82) is 0 Å². The summed E-state index contributed by atoms with van der Waals surface area (Å²) in [6, 6.07) is 0.566. The molecule has 1 aliphatic rings. The minimum absolute atomic E-state index is 0.543. The molecule has 1 fully saturated rings. The first-order valence-electron chi connectivity index (χ1n) is 4.88. The molecule has 2 unspecified atom stereocenters. The third-order valence-electron chi connectivity index (χ3n) is 2.41. The van der Waals surface area contributed by atoms with Gasteiger partial charge in [-0.3, -0.25) is 0 Å². The van der Waals surface area contributed by atoms with Crippen LogP contribution < -0.4 is 5.32 Å². The highest BCUT2D eigenvalue weighted by molar-refractivity contribution is 5.21. The maximum absolute atomic E-state index is 5.04. The van der Waals surface area contributed by atoms with Gasteiger partial charge in [0.05, 0.1) is 0 Å². The molecule has 1 aromatic heterocycles. The molecule has 0 spiro atoms. The molecule has 1 aliphatic carbocycles. The van der Waals surface area contributed by atoms with Crippen LogP contribution in [0.2, 0.25) is 0 Å². The van der Waals surface area contributed by atoms with Crippen LogP contribution in [0, 0.1) is 5.92 Å². The summed E-state index contributed by atoms with van der Waals surface area (Å²) in [4.78, 5) is 4.27. The van der Waals surface area contributed by atoms with Crippen molar-refractivity contribution in [2.75, 3.05) is 11.9 Å². The molecule has 1 N–H and O–H groups in total. The average molecular weight is 181 g/mol. The van der Waals surface area contributed by atoms with Crippen molar-refractivity contribution in [2.24, 2.45) is 5.92 Å². The molecule has 72 valence electrons. The van der Waals surface area contributed by atoms with Gasteiger partial charge >= 0.3 is 6.01 Å². The summed E-state index contributed by atoms with van der Waals surface area (Å²) in [6.07, 6.45) is 2.27. The quantitative estimate of drug-likeness (QED) is 0.772. The van der Waals surface area contributed by atoms with Gasteiger partial charge in [0.25, 0.3) is 0 Å². The predicted molar refractivity (Wildman–Crippen MR) is 49.6 cm³/mol. The summed E-state index contributed by atoms with van der Waals surface area (Å²) in [7, 11) is 0. The molecule has 0 aromatic carbocycles. The first-order valence-corrected chi connectivity index (χ1v) is 4.88. The second-order valence-electron chi connectivity index (χ2n) is 3.70. The average Bonchev–Trinajstić information content (AvgIpc) is 2.67. The first-order chi connectivity index (χ1) is 6.31. The van der Waals surface area contributed by atoms with Gasteiger partial charge in [0, 0.05) is 12.5 Å². The summed E-state index contributed by atoms with van der Waals surface area (Å²) >= 11 is 0. The van der Waals surface area contributed by atoms with Crippen molar-refractivity contribution < 1.29 is 4.52 Å². The van der Waals surface area contributed by atoms with Crippen LogP contribution in [0.3, 0.4) is 0 Å². The van der Waals surface area contributed by atoms with Gasteiger partial charge in [-0.1, -0.05) is 19.0 Å². The monoisotopic (exact) mass is 181 g/mol. The zero-order valence-electron chi connectivity index (χ0n) is 8.08. The van der Waals surface area contributed by atoms with Crippen molar-refractivity contribution in [3.63, 3.8) is 0 Å². The van der Waals surface area contributed by atoms with E-state index < -0.39 is 0 Å². The van der Waals surface area contributed by atoms with Crippen molar-refractivity contribution in [3.05, 3.63) is 5.82 Å². The van der Waals surface area contributed by atoms with Gasteiger partial charge in [0.1, 0.15) is 0 Å². The molecule has 0 aliphatic heterocycles. The van der Waals surface area contributed by atoms with Crippen LogP contribution in [0.25, 0.3) is 0 Å². The molecule has 2 atom stereocenters. The van der Waals surface area contributed by atoms with Crippen LogP contribution in [0.15, 0.2) is 4.52 Å². The molecule has 0 bridgehead atoms. The molecule has 2 rings (SSSR count). The molecule has 0 amide bonds. The van der Waals surface area contributed by atoms with E-state index in [9.17, 15) is 0 Å². The second-order valence-corrected chi connectivity index (χ2v) is 3.70. The van der Waals surface area contributed by atoms with Crippen LogP contribution in [-0.4, -0.2) is 16.7 Å². The number of hydrogen-bond acceptors (Lipinski definition) is 4. The largest absolute Gasteiger partial charge is 0.338 e. The number of nitrogens with zero attached hydrogens (tertiary/aromatic N) is 2. The molecular weight excluding hydrogens is 166 g/mol. The topological polar surface area (TPSA) is 51.0 Å². The lowest BCUT2D eigenvalue weighted by Crippen LogP contribution is -1.99. The highest BCUT2D eigenvalue weighted by Crippen LogP contribution is 2.45. The number of hydrogen-bond donors (Lipinski definition) is 1. The molecule has 4 heteroatoms. The fourth-order valence-corrected chi connectivity index (χ4v) is 1.37. The fourth-order valence-electron chi connectivity index (χ4n) is 1.37. The number of rotatable bonds is 4. The third kappa shape index (κ3) is 1.82. The van der Waals surface area contributed by atoms with Crippen molar-refractivity contribution in [2.45, 2.75) is 32.6 Å². The summed E-state index contributed by atoms with van der Waals surface area (Å²) in [6.45, 7) is 5.20. The summed E-state index contributed by atoms with van der Waals surface area (Å²) in [5.41, 5.74) is 0. The Morgan fingerprint density at radius 2 is 2.38 bits per heavy atom. The van der Waals surface area contributed by atoms with Crippen molar-refractivity contribution in [1.82, 2.24) is 10.1 Å². The van der Waals surface area contributed by atoms with Gasteiger partial charge in [-0.25, -0.2) is 0 Å². The Hall–Kier alpha value is -1.06. The van der Waals surface area contributed by atoms with E-state index in [0.717, 1.165) is 24.7 Å². The van der Waals surface area contributed by atoms with Crippen LogP contribution in [0.1, 0.15) is 38.4 Å². The van der Waals surface area contributed by atoms with Gasteiger partial charge < -0.3 is 9.84 Å². The Bertz CT molecular complexity index is 284. The van der Waals surface area contributed by atoms with Gasteiger partial charge in [0.2, 0.25) is 0 Å². The number of nitrogens with one attached hydrogen (secondary N) is 1. The molecular formula is C9H15N3O. The maximum atomic E-state index is 5.04. The summed E-state index contributed by atoms with van der Waals surface area (Å²) < 4.78 is 5.04. The number of aromatic nitrogens is 2. The van der Waals surface area contributed by atoms with E-state index in [4.69, 9.17) is 4.52 Å². The highest BCUT2D eigenvalue weighted by Gasteiger charge is 2.38. The summed E-state index contributed by atoms with van der Waals surface area (Å²) in [5.74, 6) is 2.14. The Balaban J connectivity index is 1.94. The fraction of sp³-hybridized carbons (Fsp3) is 0.778. The standard InChI is InChI=1S/C9H15N3O/c1-3-4-10-9-11-8(12-13-9)7-5-6(7)2/h6-7H,3-5H2,1-2H3,(H,10,11,12). The molecule has 13 heavy (non-hydrogen) atoms. The Labute approximate surface area is 77.7 Å². The highest BCUT2D eigenvalue weighted by atomic mass is 16.5. The van der Waals surface area contributed by atoms with Gasteiger partial charge in [-0.05, 0) is 18.8 Å². The smallest absolute Gasteiger partial charge is 0.321 e.